The molecule has 3 N–H and O–H groups in total. The van der Waals surface area contributed by atoms with Gasteiger partial charge in [-0.2, -0.15) is 0 Å². The largest absolute Gasteiger partial charge is 0.369 e. The summed E-state index contributed by atoms with van der Waals surface area (Å²) in [5, 5.41) is 3.03. The fourth-order valence-electron chi connectivity index (χ4n) is 2.37. The summed E-state index contributed by atoms with van der Waals surface area (Å²) in [5.74, 6) is -0.316. The van der Waals surface area contributed by atoms with Gasteiger partial charge < -0.3 is 11.1 Å². The van der Waals surface area contributed by atoms with Crippen molar-refractivity contribution in [3.8, 4) is 0 Å². The van der Waals surface area contributed by atoms with E-state index in [9.17, 15) is 4.79 Å². The van der Waals surface area contributed by atoms with Gasteiger partial charge in [-0.05, 0) is 37.1 Å². The van der Waals surface area contributed by atoms with E-state index in [1.165, 1.54) is 37.1 Å². The summed E-state index contributed by atoms with van der Waals surface area (Å²) in [4.78, 5) is 13.1. The lowest BCUT2D eigenvalue weighted by atomic mass is 10.1. The van der Waals surface area contributed by atoms with Crippen molar-refractivity contribution < 1.29 is 4.79 Å². The van der Waals surface area contributed by atoms with E-state index in [-0.39, 0.29) is 12.5 Å². The normalized spacial score (nSPS) is 16.0. The maximum atomic E-state index is 10.6. The van der Waals surface area contributed by atoms with Crippen LogP contribution in [-0.2, 0) is 17.9 Å². The number of nitrogens with one attached hydrogen (secondary N) is 1. The Morgan fingerprint density at radius 2 is 2.00 bits per heavy atom. The third-order valence-electron chi connectivity index (χ3n) is 3.22. The molecular weight excluding hydrogens is 226 g/mol. The maximum absolute atomic E-state index is 10.6. The third kappa shape index (κ3) is 4.13. The maximum Gasteiger partial charge on any atom is 0.231 e. The molecule has 0 spiro atoms. The topological polar surface area (TPSA) is 58.4 Å². The molecule has 1 aliphatic heterocycles. The van der Waals surface area contributed by atoms with Gasteiger partial charge >= 0.3 is 0 Å². The molecule has 4 nitrogen and oxygen atoms in total. The second-order valence-corrected chi connectivity index (χ2v) is 4.87. The van der Waals surface area contributed by atoms with E-state index in [4.69, 9.17) is 5.73 Å². The van der Waals surface area contributed by atoms with Gasteiger partial charge in [0.25, 0.3) is 0 Å². The summed E-state index contributed by atoms with van der Waals surface area (Å²) in [7, 11) is 0. The van der Waals surface area contributed by atoms with Crippen molar-refractivity contribution in [1.29, 1.82) is 0 Å². The number of carbonyl (C=O) groups excluding carboxylic acids is 1. The van der Waals surface area contributed by atoms with Gasteiger partial charge in [-0.1, -0.05) is 24.3 Å². The number of carbonyl (C=O) groups is 1. The van der Waals surface area contributed by atoms with Crippen LogP contribution in [0.15, 0.2) is 24.3 Å². The minimum Gasteiger partial charge on any atom is -0.369 e. The molecule has 0 aliphatic carbocycles. The molecule has 1 saturated heterocycles. The van der Waals surface area contributed by atoms with Gasteiger partial charge in [-0.3, -0.25) is 9.69 Å². The minimum atomic E-state index is -0.316. The standard InChI is InChI=1S/C14H21N3O/c15-14(18)10-16-9-12-4-3-5-13(8-12)11-17-6-1-2-7-17/h3-5,8,16H,1-2,6-7,9-11H2,(H2,15,18). The number of hydrogen-bond acceptors (Lipinski definition) is 3. The molecule has 4 heteroatoms. The highest BCUT2D eigenvalue weighted by Gasteiger charge is 2.11. The van der Waals surface area contributed by atoms with Gasteiger partial charge in [-0.25, -0.2) is 0 Å². The Bertz CT molecular complexity index is 400. The first-order valence-corrected chi connectivity index (χ1v) is 6.53. The number of nitrogens with two attached hydrogens (primary N) is 1. The molecule has 0 aromatic heterocycles. The van der Waals surface area contributed by atoms with E-state index in [2.05, 4.69) is 34.5 Å². The predicted molar refractivity (Wildman–Crippen MR) is 71.9 cm³/mol. The van der Waals surface area contributed by atoms with Gasteiger partial charge in [-0.15, -0.1) is 0 Å². The van der Waals surface area contributed by atoms with Crippen molar-refractivity contribution in [2.45, 2.75) is 25.9 Å². The molecule has 1 aliphatic rings. The number of nitrogens with zero attached hydrogens (tertiary/aromatic N) is 1. The first-order valence-electron chi connectivity index (χ1n) is 6.53. The van der Waals surface area contributed by atoms with Crippen LogP contribution in [0.1, 0.15) is 24.0 Å². The van der Waals surface area contributed by atoms with Gasteiger partial charge in [0.15, 0.2) is 0 Å². The van der Waals surface area contributed by atoms with Crippen LogP contribution >= 0.6 is 0 Å². The average molecular weight is 247 g/mol. The van der Waals surface area contributed by atoms with Crippen molar-refractivity contribution in [2.24, 2.45) is 5.73 Å². The van der Waals surface area contributed by atoms with Crippen LogP contribution in [0.3, 0.4) is 0 Å². The second-order valence-electron chi connectivity index (χ2n) is 4.87. The minimum absolute atomic E-state index is 0.232. The van der Waals surface area contributed by atoms with Crippen molar-refractivity contribution in [3.63, 3.8) is 0 Å². The Morgan fingerprint density at radius 3 is 2.72 bits per heavy atom. The number of rotatable bonds is 6. The predicted octanol–water partition coefficient (Wildman–Crippen LogP) is 0.857. The molecular formula is C14H21N3O. The first-order chi connectivity index (χ1) is 8.74. The molecule has 1 fully saturated rings. The van der Waals surface area contributed by atoms with Crippen molar-refractivity contribution in [3.05, 3.63) is 35.4 Å². The van der Waals surface area contributed by atoms with Gasteiger partial charge in [0.1, 0.15) is 0 Å². The molecule has 0 saturated carbocycles. The number of amides is 1. The average Bonchev–Trinajstić information content (AvgIpc) is 2.82. The number of likely N-dealkylation sites (tertiary alicyclic amines) is 1. The summed E-state index contributed by atoms with van der Waals surface area (Å²) in [6, 6.07) is 8.51. The summed E-state index contributed by atoms with van der Waals surface area (Å²) in [6.45, 7) is 4.38. The van der Waals surface area contributed by atoms with Crippen LogP contribution < -0.4 is 11.1 Å². The van der Waals surface area contributed by atoms with Crippen LogP contribution in [0.4, 0.5) is 0 Å². The fourth-order valence-corrected chi connectivity index (χ4v) is 2.37. The molecule has 1 aromatic rings. The zero-order chi connectivity index (χ0) is 12.8. The highest BCUT2D eigenvalue weighted by molar-refractivity contribution is 5.75. The Hall–Kier alpha value is -1.39. The molecule has 98 valence electrons. The van der Waals surface area contributed by atoms with Crippen LogP contribution in [0.25, 0.3) is 0 Å². The number of benzene rings is 1. The zero-order valence-corrected chi connectivity index (χ0v) is 10.7. The van der Waals surface area contributed by atoms with E-state index in [1.807, 2.05) is 0 Å². The van der Waals surface area contributed by atoms with Crippen LogP contribution in [0.2, 0.25) is 0 Å². The Kier molecular flexibility index (Phi) is 4.73. The van der Waals surface area contributed by atoms with Gasteiger partial charge in [0.05, 0.1) is 6.54 Å². The third-order valence-corrected chi connectivity index (χ3v) is 3.22. The van der Waals surface area contributed by atoms with E-state index in [0.717, 1.165) is 6.54 Å². The molecule has 1 aromatic carbocycles. The molecule has 1 amide bonds. The summed E-state index contributed by atoms with van der Waals surface area (Å²) >= 11 is 0. The Balaban J connectivity index is 1.86. The fraction of sp³-hybridized carbons (Fsp3) is 0.500. The molecule has 0 unspecified atom stereocenters. The monoisotopic (exact) mass is 247 g/mol. The summed E-state index contributed by atoms with van der Waals surface area (Å²) < 4.78 is 0. The number of primary amides is 1. The first kappa shape index (κ1) is 13.1. The molecule has 0 atom stereocenters. The molecule has 0 bridgehead atoms. The lowest BCUT2D eigenvalue weighted by molar-refractivity contribution is -0.117. The number of hydrogen-bond donors (Lipinski definition) is 2. The van der Waals surface area contributed by atoms with E-state index >= 15 is 0 Å². The van der Waals surface area contributed by atoms with E-state index in [0.29, 0.717) is 6.54 Å². The molecule has 0 radical (unpaired) electrons. The molecule has 2 rings (SSSR count). The summed E-state index contributed by atoms with van der Waals surface area (Å²) in [5.41, 5.74) is 7.63. The second kappa shape index (κ2) is 6.52. The van der Waals surface area contributed by atoms with Crippen molar-refractivity contribution in [1.82, 2.24) is 10.2 Å². The Morgan fingerprint density at radius 1 is 1.28 bits per heavy atom. The van der Waals surface area contributed by atoms with Crippen LogP contribution in [0.5, 0.6) is 0 Å². The van der Waals surface area contributed by atoms with Crippen LogP contribution in [0, 0.1) is 0 Å². The summed E-state index contributed by atoms with van der Waals surface area (Å²) in [6.07, 6.45) is 2.64. The highest BCUT2D eigenvalue weighted by atomic mass is 16.1. The Labute approximate surface area is 108 Å². The van der Waals surface area contributed by atoms with E-state index in [1.54, 1.807) is 0 Å². The lowest BCUT2D eigenvalue weighted by Crippen LogP contribution is -2.28. The van der Waals surface area contributed by atoms with Crippen molar-refractivity contribution in [2.75, 3.05) is 19.6 Å². The highest BCUT2D eigenvalue weighted by Crippen LogP contribution is 2.13. The zero-order valence-electron chi connectivity index (χ0n) is 10.7. The lowest BCUT2D eigenvalue weighted by Gasteiger charge is -2.15. The smallest absolute Gasteiger partial charge is 0.231 e. The van der Waals surface area contributed by atoms with E-state index < -0.39 is 0 Å². The molecule has 18 heavy (non-hydrogen) atoms. The van der Waals surface area contributed by atoms with Crippen molar-refractivity contribution >= 4 is 5.91 Å². The SMILES string of the molecule is NC(=O)CNCc1cccc(CN2CCCC2)c1. The molecule has 1 heterocycles. The van der Waals surface area contributed by atoms with Gasteiger partial charge in [0, 0.05) is 13.1 Å². The quantitative estimate of drug-likeness (QED) is 0.784. The van der Waals surface area contributed by atoms with Gasteiger partial charge in [0.2, 0.25) is 5.91 Å². The van der Waals surface area contributed by atoms with Crippen LogP contribution in [-0.4, -0.2) is 30.4 Å².